The Morgan fingerprint density at radius 3 is 2.65 bits per heavy atom. The van der Waals surface area contributed by atoms with Gasteiger partial charge in [-0.05, 0) is 46.1 Å². The number of rotatable bonds is 5. The van der Waals surface area contributed by atoms with Crippen molar-refractivity contribution in [2.75, 3.05) is 6.54 Å². The standard InChI is InChI=1S/C12H16BrFN2O/c1-7(2)6-16-11(12(15)17)8-3-4-10(14)9(13)5-8/h3-5,7,11,16H,6H2,1-2H3,(H2,15,17). The van der Waals surface area contributed by atoms with Crippen LogP contribution < -0.4 is 11.1 Å². The molecule has 0 aliphatic heterocycles. The Hall–Kier alpha value is -0.940. The Labute approximate surface area is 109 Å². The summed E-state index contributed by atoms with van der Waals surface area (Å²) in [4.78, 5) is 11.4. The van der Waals surface area contributed by atoms with Crippen LogP contribution in [0, 0.1) is 11.7 Å². The predicted molar refractivity (Wildman–Crippen MR) is 68.9 cm³/mol. The molecule has 1 amide bonds. The summed E-state index contributed by atoms with van der Waals surface area (Å²) in [7, 11) is 0. The first-order valence-corrected chi connectivity index (χ1v) is 6.18. The molecule has 1 unspecified atom stereocenters. The second-order valence-electron chi connectivity index (χ2n) is 4.31. The summed E-state index contributed by atoms with van der Waals surface area (Å²) in [6, 6.07) is 3.85. The minimum Gasteiger partial charge on any atom is -0.368 e. The molecule has 0 saturated carbocycles. The third-order valence-electron chi connectivity index (χ3n) is 2.29. The van der Waals surface area contributed by atoms with E-state index < -0.39 is 11.9 Å². The van der Waals surface area contributed by atoms with Gasteiger partial charge < -0.3 is 11.1 Å². The number of nitrogens with one attached hydrogen (secondary N) is 1. The molecule has 1 aromatic carbocycles. The molecule has 0 bridgehead atoms. The molecule has 1 rings (SSSR count). The van der Waals surface area contributed by atoms with E-state index in [1.54, 1.807) is 12.1 Å². The summed E-state index contributed by atoms with van der Waals surface area (Å²) in [6.45, 7) is 4.74. The molecule has 5 heteroatoms. The predicted octanol–water partition coefficient (Wildman–Crippen LogP) is 2.36. The molecule has 3 nitrogen and oxygen atoms in total. The van der Waals surface area contributed by atoms with Gasteiger partial charge in [0.1, 0.15) is 11.9 Å². The molecule has 0 aromatic heterocycles. The second kappa shape index (κ2) is 6.12. The van der Waals surface area contributed by atoms with Gasteiger partial charge in [0, 0.05) is 0 Å². The summed E-state index contributed by atoms with van der Waals surface area (Å²) in [5.74, 6) is -0.425. The van der Waals surface area contributed by atoms with Crippen molar-refractivity contribution in [2.45, 2.75) is 19.9 Å². The molecule has 1 atom stereocenters. The highest BCUT2D eigenvalue weighted by Gasteiger charge is 2.18. The van der Waals surface area contributed by atoms with E-state index in [9.17, 15) is 9.18 Å². The van der Waals surface area contributed by atoms with Crippen LogP contribution in [0.3, 0.4) is 0 Å². The number of hydrogen-bond donors (Lipinski definition) is 2. The highest BCUT2D eigenvalue weighted by Crippen LogP contribution is 2.21. The molecular formula is C12H16BrFN2O. The van der Waals surface area contributed by atoms with Crippen LogP contribution in [0.5, 0.6) is 0 Å². The number of primary amides is 1. The van der Waals surface area contributed by atoms with Crippen LogP contribution in [0.4, 0.5) is 4.39 Å². The Morgan fingerprint density at radius 2 is 2.18 bits per heavy atom. The molecule has 0 aliphatic rings. The van der Waals surface area contributed by atoms with Crippen molar-refractivity contribution in [1.29, 1.82) is 0 Å². The lowest BCUT2D eigenvalue weighted by atomic mass is 10.1. The maximum atomic E-state index is 13.1. The molecule has 0 fully saturated rings. The van der Waals surface area contributed by atoms with Gasteiger partial charge >= 0.3 is 0 Å². The van der Waals surface area contributed by atoms with Gasteiger partial charge in [0.15, 0.2) is 0 Å². The Kier molecular flexibility index (Phi) is 5.08. The van der Waals surface area contributed by atoms with E-state index in [0.717, 1.165) is 0 Å². The highest BCUT2D eigenvalue weighted by molar-refractivity contribution is 9.10. The number of carbonyl (C=O) groups excluding carboxylic acids is 1. The lowest BCUT2D eigenvalue weighted by Gasteiger charge is -2.17. The number of benzene rings is 1. The van der Waals surface area contributed by atoms with Crippen LogP contribution in [0.1, 0.15) is 25.5 Å². The van der Waals surface area contributed by atoms with E-state index in [1.807, 2.05) is 13.8 Å². The third-order valence-corrected chi connectivity index (χ3v) is 2.90. The molecule has 1 aromatic rings. The van der Waals surface area contributed by atoms with Gasteiger partial charge in [-0.3, -0.25) is 4.79 Å². The zero-order valence-electron chi connectivity index (χ0n) is 9.84. The first kappa shape index (κ1) is 14.1. The third kappa shape index (κ3) is 4.09. The Balaban J connectivity index is 2.89. The molecular weight excluding hydrogens is 287 g/mol. The molecule has 17 heavy (non-hydrogen) atoms. The van der Waals surface area contributed by atoms with Crippen molar-refractivity contribution >= 4 is 21.8 Å². The molecule has 0 spiro atoms. The van der Waals surface area contributed by atoms with E-state index in [0.29, 0.717) is 22.5 Å². The quantitative estimate of drug-likeness (QED) is 0.877. The number of amides is 1. The second-order valence-corrected chi connectivity index (χ2v) is 5.17. The average Bonchev–Trinajstić information content (AvgIpc) is 2.22. The number of halogens is 2. The fraction of sp³-hybridized carbons (Fsp3) is 0.417. The highest BCUT2D eigenvalue weighted by atomic mass is 79.9. The van der Waals surface area contributed by atoms with Crippen molar-refractivity contribution < 1.29 is 9.18 Å². The van der Waals surface area contributed by atoms with Crippen molar-refractivity contribution in [3.05, 3.63) is 34.1 Å². The van der Waals surface area contributed by atoms with Gasteiger partial charge in [-0.25, -0.2) is 4.39 Å². The van der Waals surface area contributed by atoms with Gasteiger partial charge in [-0.15, -0.1) is 0 Å². The van der Waals surface area contributed by atoms with Crippen molar-refractivity contribution in [1.82, 2.24) is 5.32 Å². The van der Waals surface area contributed by atoms with Crippen LogP contribution in [0.25, 0.3) is 0 Å². The maximum Gasteiger partial charge on any atom is 0.239 e. The maximum absolute atomic E-state index is 13.1. The zero-order chi connectivity index (χ0) is 13.0. The van der Waals surface area contributed by atoms with Crippen LogP contribution in [-0.4, -0.2) is 12.5 Å². The lowest BCUT2D eigenvalue weighted by Crippen LogP contribution is -2.35. The van der Waals surface area contributed by atoms with Crippen molar-refractivity contribution in [2.24, 2.45) is 11.7 Å². The molecule has 94 valence electrons. The van der Waals surface area contributed by atoms with Crippen LogP contribution in [0.15, 0.2) is 22.7 Å². The first-order valence-electron chi connectivity index (χ1n) is 5.39. The largest absolute Gasteiger partial charge is 0.368 e. The Bertz CT molecular complexity index is 409. The van der Waals surface area contributed by atoms with E-state index >= 15 is 0 Å². The SMILES string of the molecule is CC(C)CNC(C(N)=O)c1ccc(F)c(Br)c1. The average molecular weight is 303 g/mol. The monoisotopic (exact) mass is 302 g/mol. The van der Waals surface area contributed by atoms with Gasteiger partial charge in [0.2, 0.25) is 5.91 Å². The summed E-state index contributed by atoms with van der Waals surface area (Å²) in [6.07, 6.45) is 0. The fourth-order valence-corrected chi connectivity index (χ4v) is 1.82. The fourth-order valence-electron chi connectivity index (χ4n) is 1.43. The molecule has 0 heterocycles. The summed E-state index contributed by atoms with van der Waals surface area (Å²) >= 11 is 3.09. The zero-order valence-corrected chi connectivity index (χ0v) is 11.4. The van der Waals surface area contributed by atoms with E-state index in [-0.39, 0.29) is 5.82 Å². The topological polar surface area (TPSA) is 55.1 Å². The number of hydrogen-bond acceptors (Lipinski definition) is 2. The number of carbonyl (C=O) groups is 1. The van der Waals surface area contributed by atoms with E-state index in [1.165, 1.54) is 6.07 Å². The lowest BCUT2D eigenvalue weighted by molar-refractivity contribution is -0.120. The normalized spacial score (nSPS) is 12.8. The van der Waals surface area contributed by atoms with E-state index in [4.69, 9.17) is 5.73 Å². The first-order chi connectivity index (χ1) is 7.91. The smallest absolute Gasteiger partial charge is 0.239 e. The molecule has 0 aliphatic carbocycles. The van der Waals surface area contributed by atoms with Crippen LogP contribution in [0.2, 0.25) is 0 Å². The van der Waals surface area contributed by atoms with Crippen LogP contribution >= 0.6 is 15.9 Å². The minimum absolute atomic E-state index is 0.326. The number of nitrogens with two attached hydrogens (primary N) is 1. The molecule has 3 N–H and O–H groups in total. The van der Waals surface area contributed by atoms with Gasteiger partial charge in [0.05, 0.1) is 4.47 Å². The Morgan fingerprint density at radius 1 is 1.53 bits per heavy atom. The van der Waals surface area contributed by atoms with E-state index in [2.05, 4.69) is 21.2 Å². The molecule has 0 saturated heterocycles. The minimum atomic E-state index is -0.589. The molecule has 0 radical (unpaired) electrons. The summed E-state index contributed by atoms with van der Waals surface area (Å²) in [5.41, 5.74) is 5.99. The van der Waals surface area contributed by atoms with Crippen LogP contribution in [-0.2, 0) is 4.79 Å². The summed E-state index contributed by atoms with van der Waals surface area (Å²) < 4.78 is 13.4. The van der Waals surface area contributed by atoms with Crippen molar-refractivity contribution in [3.8, 4) is 0 Å². The van der Waals surface area contributed by atoms with Gasteiger partial charge in [-0.2, -0.15) is 0 Å². The van der Waals surface area contributed by atoms with Crippen molar-refractivity contribution in [3.63, 3.8) is 0 Å². The van der Waals surface area contributed by atoms with Gasteiger partial charge in [-0.1, -0.05) is 19.9 Å². The summed E-state index contributed by atoms with van der Waals surface area (Å²) in [5, 5.41) is 3.06. The van der Waals surface area contributed by atoms with Gasteiger partial charge in [0.25, 0.3) is 0 Å².